The Hall–Kier alpha value is -2.61. The van der Waals surface area contributed by atoms with Crippen molar-refractivity contribution >= 4 is 11.6 Å². The molecule has 2 aromatic carbocycles. The van der Waals surface area contributed by atoms with Gasteiger partial charge in [0.15, 0.2) is 0 Å². The minimum atomic E-state index is -4.46. The molecule has 0 saturated carbocycles. The summed E-state index contributed by atoms with van der Waals surface area (Å²) in [5.41, 5.74) is -0.199. The molecule has 3 aromatic rings. The van der Waals surface area contributed by atoms with Gasteiger partial charge in [-0.3, -0.25) is 0 Å². The van der Waals surface area contributed by atoms with Crippen molar-refractivity contribution in [2.24, 2.45) is 0 Å². The van der Waals surface area contributed by atoms with Crippen LogP contribution in [0.5, 0.6) is 11.5 Å². The van der Waals surface area contributed by atoms with Crippen LogP contribution in [0.15, 0.2) is 42.5 Å². The van der Waals surface area contributed by atoms with Crippen LogP contribution in [0.1, 0.15) is 5.56 Å². The number of hydrogen-bond donors (Lipinski definition) is 1. The van der Waals surface area contributed by atoms with Gasteiger partial charge in [-0.2, -0.15) is 18.4 Å². The standard InChI is InChI=1S/C14H8ClF3N4O/c15-11-7-9(14(16,17)18)4-5-12(11)23-10-3-1-2-8(6-10)13-19-21-22-20-13/h1-7H,(H,19,20,21,22). The van der Waals surface area contributed by atoms with E-state index in [4.69, 9.17) is 16.3 Å². The fraction of sp³-hybridized carbons (Fsp3) is 0.0714. The predicted octanol–water partition coefficient (Wildman–Crippen LogP) is 4.33. The first kappa shape index (κ1) is 15.3. The van der Waals surface area contributed by atoms with Gasteiger partial charge >= 0.3 is 6.18 Å². The minimum absolute atomic E-state index is 0.116. The number of benzene rings is 2. The maximum absolute atomic E-state index is 12.6. The van der Waals surface area contributed by atoms with E-state index in [-0.39, 0.29) is 10.8 Å². The Kier molecular flexibility index (Phi) is 3.91. The molecule has 0 aliphatic carbocycles. The Morgan fingerprint density at radius 2 is 1.91 bits per heavy atom. The lowest BCUT2D eigenvalue weighted by atomic mass is 10.2. The molecule has 0 unspecified atom stereocenters. The molecule has 1 N–H and O–H groups in total. The molecule has 0 fully saturated rings. The van der Waals surface area contributed by atoms with Crippen LogP contribution in [0.25, 0.3) is 11.4 Å². The van der Waals surface area contributed by atoms with Gasteiger partial charge in [-0.1, -0.05) is 23.7 Å². The third kappa shape index (κ3) is 3.42. The second-order valence-electron chi connectivity index (χ2n) is 4.51. The Balaban J connectivity index is 1.87. The van der Waals surface area contributed by atoms with E-state index in [9.17, 15) is 13.2 Å². The van der Waals surface area contributed by atoms with Gasteiger partial charge in [0.25, 0.3) is 0 Å². The highest BCUT2D eigenvalue weighted by atomic mass is 35.5. The molecule has 0 radical (unpaired) electrons. The Labute approximate surface area is 133 Å². The molecule has 1 aromatic heterocycles. The number of nitrogens with zero attached hydrogens (tertiary/aromatic N) is 3. The van der Waals surface area contributed by atoms with Gasteiger partial charge in [0.1, 0.15) is 11.5 Å². The molecule has 0 saturated heterocycles. The summed E-state index contributed by atoms with van der Waals surface area (Å²) < 4.78 is 43.4. The maximum atomic E-state index is 12.6. The number of rotatable bonds is 3. The van der Waals surface area contributed by atoms with Crippen LogP contribution in [0.2, 0.25) is 5.02 Å². The van der Waals surface area contributed by atoms with Gasteiger partial charge < -0.3 is 4.74 Å². The molecule has 23 heavy (non-hydrogen) atoms. The number of H-pyrrole nitrogens is 1. The van der Waals surface area contributed by atoms with Gasteiger partial charge in [-0.25, -0.2) is 0 Å². The number of halogens is 4. The highest BCUT2D eigenvalue weighted by molar-refractivity contribution is 6.32. The predicted molar refractivity (Wildman–Crippen MR) is 76.1 cm³/mol. The van der Waals surface area contributed by atoms with Gasteiger partial charge in [0, 0.05) is 5.56 Å². The monoisotopic (exact) mass is 340 g/mol. The molecule has 0 aliphatic rings. The molecule has 0 atom stereocenters. The van der Waals surface area contributed by atoms with Gasteiger partial charge in [0.05, 0.1) is 10.6 Å². The molecule has 9 heteroatoms. The van der Waals surface area contributed by atoms with Crippen molar-refractivity contribution in [2.75, 3.05) is 0 Å². The van der Waals surface area contributed by atoms with Crippen LogP contribution in [0, 0.1) is 0 Å². The average molecular weight is 341 g/mol. The molecule has 0 amide bonds. The number of hydrogen-bond acceptors (Lipinski definition) is 4. The summed E-state index contributed by atoms with van der Waals surface area (Å²) in [6.07, 6.45) is -4.46. The Morgan fingerprint density at radius 3 is 2.57 bits per heavy atom. The van der Waals surface area contributed by atoms with Crippen molar-refractivity contribution in [3.63, 3.8) is 0 Å². The molecule has 0 spiro atoms. The van der Waals surface area contributed by atoms with Gasteiger partial charge in [0.2, 0.25) is 5.82 Å². The van der Waals surface area contributed by atoms with Crippen molar-refractivity contribution in [2.45, 2.75) is 6.18 Å². The molecule has 3 rings (SSSR count). The summed E-state index contributed by atoms with van der Waals surface area (Å²) in [7, 11) is 0. The Morgan fingerprint density at radius 1 is 1.09 bits per heavy atom. The highest BCUT2D eigenvalue weighted by Gasteiger charge is 2.31. The summed E-state index contributed by atoms with van der Waals surface area (Å²) in [6.45, 7) is 0. The second kappa shape index (κ2) is 5.88. The number of aromatic nitrogens is 4. The lowest BCUT2D eigenvalue weighted by molar-refractivity contribution is -0.137. The zero-order valence-corrected chi connectivity index (χ0v) is 12.1. The van der Waals surface area contributed by atoms with Crippen molar-refractivity contribution in [3.05, 3.63) is 53.1 Å². The van der Waals surface area contributed by atoms with Crippen molar-refractivity contribution in [1.82, 2.24) is 20.6 Å². The SMILES string of the molecule is FC(F)(F)c1ccc(Oc2cccc(-c3nn[nH]n3)c2)c(Cl)c1. The molecular weight excluding hydrogens is 333 g/mol. The van der Waals surface area contributed by atoms with E-state index in [0.717, 1.165) is 12.1 Å². The van der Waals surface area contributed by atoms with E-state index < -0.39 is 11.7 Å². The van der Waals surface area contributed by atoms with E-state index in [2.05, 4.69) is 20.6 Å². The van der Waals surface area contributed by atoms with Gasteiger partial charge in [-0.15, -0.1) is 10.2 Å². The summed E-state index contributed by atoms with van der Waals surface area (Å²) in [6, 6.07) is 9.60. The Bertz CT molecular complexity index is 821. The first-order valence-electron chi connectivity index (χ1n) is 6.32. The fourth-order valence-electron chi connectivity index (χ4n) is 1.87. The lowest BCUT2D eigenvalue weighted by Gasteiger charge is -2.11. The topological polar surface area (TPSA) is 63.7 Å². The zero-order chi connectivity index (χ0) is 16.4. The van der Waals surface area contributed by atoms with Crippen LogP contribution in [0.4, 0.5) is 13.2 Å². The van der Waals surface area contributed by atoms with Gasteiger partial charge in [-0.05, 0) is 35.5 Å². The van der Waals surface area contributed by atoms with Crippen LogP contribution < -0.4 is 4.74 Å². The van der Waals surface area contributed by atoms with E-state index >= 15 is 0 Å². The van der Waals surface area contributed by atoms with Crippen LogP contribution in [0.3, 0.4) is 0 Å². The molecule has 0 aliphatic heterocycles. The third-order valence-corrected chi connectivity index (χ3v) is 3.22. The molecule has 5 nitrogen and oxygen atoms in total. The summed E-state index contributed by atoms with van der Waals surface area (Å²) in [5, 5.41) is 13.3. The smallest absolute Gasteiger partial charge is 0.416 e. The highest BCUT2D eigenvalue weighted by Crippen LogP contribution is 2.36. The zero-order valence-electron chi connectivity index (χ0n) is 11.3. The second-order valence-corrected chi connectivity index (χ2v) is 4.92. The van der Waals surface area contributed by atoms with Crippen LogP contribution >= 0.6 is 11.6 Å². The molecular formula is C14H8ClF3N4O. The van der Waals surface area contributed by atoms with Crippen LogP contribution in [-0.2, 0) is 6.18 Å². The minimum Gasteiger partial charge on any atom is -0.456 e. The summed E-state index contributed by atoms with van der Waals surface area (Å²) >= 11 is 5.86. The van der Waals surface area contributed by atoms with E-state index in [1.807, 2.05) is 0 Å². The summed E-state index contributed by atoms with van der Waals surface area (Å²) in [5.74, 6) is 0.868. The average Bonchev–Trinajstić information content (AvgIpc) is 3.03. The first-order valence-corrected chi connectivity index (χ1v) is 6.70. The van der Waals surface area contributed by atoms with E-state index in [0.29, 0.717) is 17.1 Å². The third-order valence-electron chi connectivity index (χ3n) is 2.92. The van der Waals surface area contributed by atoms with Crippen molar-refractivity contribution < 1.29 is 17.9 Å². The largest absolute Gasteiger partial charge is 0.456 e. The van der Waals surface area contributed by atoms with Crippen molar-refractivity contribution in [1.29, 1.82) is 0 Å². The number of nitrogens with one attached hydrogen (secondary N) is 1. The fourth-order valence-corrected chi connectivity index (χ4v) is 2.09. The normalized spacial score (nSPS) is 11.5. The van der Waals surface area contributed by atoms with Crippen LogP contribution in [-0.4, -0.2) is 20.6 Å². The lowest BCUT2D eigenvalue weighted by Crippen LogP contribution is -2.04. The van der Waals surface area contributed by atoms with E-state index in [1.54, 1.807) is 24.3 Å². The molecule has 0 bridgehead atoms. The molecule has 118 valence electrons. The number of tetrazole rings is 1. The number of aromatic amines is 1. The summed E-state index contributed by atoms with van der Waals surface area (Å²) in [4.78, 5) is 0. The number of ether oxygens (including phenoxy) is 1. The number of alkyl halides is 3. The molecule has 1 heterocycles. The maximum Gasteiger partial charge on any atom is 0.416 e. The van der Waals surface area contributed by atoms with Crippen molar-refractivity contribution in [3.8, 4) is 22.9 Å². The first-order chi connectivity index (χ1) is 10.9. The van der Waals surface area contributed by atoms with E-state index in [1.165, 1.54) is 6.07 Å². The quantitative estimate of drug-likeness (QED) is 0.770.